The number of nitrogen functional groups attached to an aromatic ring is 1. The standard InChI is InChI=1S/C23H25N3O3.C22H26N2O3/c1-14(22(27)29-23(3,4)5)13-26-15(2)24-18-12-16(10-11-19(18)26)21-25-17-8-6-7-9-20(17)28-21;1-14(21(25)27-22(2,3)4)9-10-15-11-12-16(13-17(15)23)20-24-18-7-5-6-8-19(18)26-20/h6-12,14H,13H2,1-5H3;5-8,11-14H,9-10,23H2,1-4H3. The van der Waals surface area contributed by atoms with Gasteiger partial charge in [-0.05, 0) is 121 Å². The fraction of sp³-hybridized carbons (Fsp3) is 0.356. The van der Waals surface area contributed by atoms with Crippen molar-refractivity contribution < 1.29 is 27.9 Å². The van der Waals surface area contributed by atoms with Crippen LogP contribution in [0.4, 0.5) is 5.69 Å². The summed E-state index contributed by atoms with van der Waals surface area (Å²) < 4.78 is 24.7. The highest BCUT2D eigenvalue weighted by Gasteiger charge is 2.24. The fourth-order valence-corrected chi connectivity index (χ4v) is 6.20. The van der Waals surface area contributed by atoms with Crippen LogP contribution in [0.15, 0.2) is 93.8 Å². The fourth-order valence-electron chi connectivity index (χ4n) is 6.20. The normalized spacial score (nSPS) is 13.0. The third kappa shape index (κ3) is 9.63. The highest BCUT2D eigenvalue weighted by Crippen LogP contribution is 2.30. The summed E-state index contributed by atoms with van der Waals surface area (Å²) in [5, 5.41) is 0. The molecule has 0 aliphatic carbocycles. The molecule has 0 bridgehead atoms. The number of aromatic nitrogens is 4. The number of anilines is 1. The van der Waals surface area contributed by atoms with Crippen molar-refractivity contribution in [1.29, 1.82) is 0 Å². The van der Waals surface area contributed by atoms with E-state index in [-0.39, 0.29) is 23.8 Å². The lowest BCUT2D eigenvalue weighted by molar-refractivity contribution is -0.160. The Morgan fingerprint density at radius 2 is 1.21 bits per heavy atom. The van der Waals surface area contributed by atoms with Crippen molar-refractivity contribution in [2.45, 2.75) is 92.9 Å². The Morgan fingerprint density at radius 3 is 1.75 bits per heavy atom. The van der Waals surface area contributed by atoms with E-state index in [9.17, 15) is 9.59 Å². The zero-order chi connectivity index (χ0) is 40.4. The van der Waals surface area contributed by atoms with Crippen LogP contribution < -0.4 is 5.73 Å². The predicted octanol–water partition coefficient (Wildman–Crippen LogP) is 10.1. The van der Waals surface area contributed by atoms with Gasteiger partial charge in [-0.15, -0.1) is 0 Å². The second-order valence-corrected chi connectivity index (χ2v) is 16.3. The zero-order valence-electron chi connectivity index (χ0n) is 33.7. The number of aryl methyl sites for hydroxylation is 2. The molecule has 0 saturated heterocycles. The van der Waals surface area contributed by atoms with Gasteiger partial charge in [0.15, 0.2) is 11.2 Å². The maximum Gasteiger partial charge on any atom is 0.310 e. The predicted molar refractivity (Wildman–Crippen MR) is 220 cm³/mol. The number of carbonyl (C=O) groups is 2. The molecule has 56 heavy (non-hydrogen) atoms. The van der Waals surface area contributed by atoms with Crippen molar-refractivity contribution in [3.05, 3.63) is 96.3 Å². The van der Waals surface area contributed by atoms with E-state index >= 15 is 0 Å². The number of fused-ring (bicyclic) bond motifs is 3. The molecule has 2 N–H and O–H groups in total. The monoisotopic (exact) mass is 757 g/mol. The smallest absolute Gasteiger partial charge is 0.310 e. The van der Waals surface area contributed by atoms with Gasteiger partial charge in [-0.25, -0.2) is 15.0 Å². The highest BCUT2D eigenvalue weighted by molar-refractivity contribution is 5.83. The third-order valence-corrected chi connectivity index (χ3v) is 9.09. The summed E-state index contributed by atoms with van der Waals surface area (Å²) in [6, 6.07) is 27.1. The summed E-state index contributed by atoms with van der Waals surface area (Å²) in [6.45, 7) is 17.5. The number of oxazole rings is 2. The largest absolute Gasteiger partial charge is 0.460 e. The number of para-hydroxylation sites is 4. The Labute approximate surface area is 327 Å². The number of ether oxygens (including phenoxy) is 2. The molecule has 11 heteroatoms. The number of hydrogen-bond donors (Lipinski definition) is 1. The Kier molecular flexibility index (Phi) is 11.4. The first-order valence-corrected chi connectivity index (χ1v) is 19.0. The van der Waals surface area contributed by atoms with E-state index < -0.39 is 11.2 Å². The van der Waals surface area contributed by atoms with Crippen LogP contribution >= 0.6 is 0 Å². The summed E-state index contributed by atoms with van der Waals surface area (Å²) in [5.74, 6) is 1.14. The number of benzene rings is 4. The van der Waals surface area contributed by atoms with Gasteiger partial charge in [0.2, 0.25) is 11.8 Å². The molecule has 7 rings (SSSR count). The Balaban J connectivity index is 0.000000190. The van der Waals surface area contributed by atoms with E-state index in [1.165, 1.54) is 0 Å². The number of esters is 2. The topological polar surface area (TPSA) is 148 Å². The second-order valence-electron chi connectivity index (χ2n) is 16.3. The van der Waals surface area contributed by atoms with E-state index in [0.29, 0.717) is 36.9 Å². The summed E-state index contributed by atoms with van der Waals surface area (Å²) in [4.78, 5) is 38.2. The van der Waals surface area contributed by atoms with Crippen molar-refractivity contribution in [2.75, 3.05) is 5.73 Å². The maximum atomic E-state index is 12.4. The molecular formula is C45H51N5O6. The number of rotatable bonds is 9. The molecule has 4 aromatic carbocycles. The van der Waals surface area contributed by atoms with Crippen LogP contribution in [0.2, 0.25) is 0 Å². The summed E-state index contributed by atoms with van der Waals surface area (Å²) in [7, 11) is 0. The molecule has 3 heterocycles. The van der Waals surface area contributed by atoms with E-state index in [4.69, 9.17) is 24.0 Å². The van der Waals surface area contributed by atoms with Crippen molar-refractivity contribution in [3.8, 4) is 22.9 Å². The van der Waals surface area contributed by atoms with Crippen LogP contribution in [-0.4, -0.2) is 42.7 Å². The van der Waals surface area contributed by atoms with Crippen molar-refractivity contribution in [1.82, 2.24) is 19.5 Å². The summed E-state index contributed by atoms with van der Waals surface area (Å²) in [5.41, 5.74) is 13.6. The van der Waals surface area contributed by atoms with Gasteiger partial charge < -0.3 is 28.6 Å². The molecule has 0 fully saturated rings. The van der Waals surface area contributed by atoms with Crippen molar-refractivity contribution >= 4 is 50.9 Å². The van der Waals surface area contributed by atoms with Crippen molar-refractivity contribution in [3.63, 3.8) is 0 Å². The minimum Gasteiger partial charge on any atom is -0.460 e. The van der Waals surface area contributed by atoms with Crippen molar-refractivity contribution in [2.24, 2.45) is 11.8 Å². The van der Waals surface area contributed by atoms with Gasteiger partial charge in [0.25, 0.3) is 0 Å². The molecular weight excluding hydrogens is 707 g/mol. The van der Waals surface area contributed by atoms with Gasteiger partial charge in [-0.3, -0.25) is 9.59 Å². The van der Waals surface area contributed by atoms with Gasteiger partial charge in [0.05, 0.1) is 22.9 Å². The molecule has 3 aromatic heterocycles. The van der Waals surface area contributed by atoms with Crippen LogP contribution in [0.25, 0.3) is 56.1 Å². The molecule has 2 unspecified atom stereocenters. The first-order valence-electron chi connectivity index (χ1n) is 19.0. The molecule has 0 radical (unpaired) electrons. The number of carbonyl (C=O) groups excluding carboxylic acids is 2. The zero-order valence-corrected chi connectivity index (χ0v) is 33.7. The van der Waals surface area contributed by atoms with E-state index in [1.54, 1.807) is 0 Å². The van der Waals surface area contributed by atoms with Crippen LogP contribution in [0.5, 0.6) is 0 Å². The Bertz CT molecular complexity index is 2430. The molecule has 0 saturated carbocycles. The number of nitrogens with two attached hydrogens (primary N) is 1. The molecule has 2 atom stereocenters. The average Bonchev–Trinajstić information content (AvgIpc) is 3.84. The molecule has 11 nitrogen and oxygen atoms in total. The van der Waals surface area contributed by atoms with Gasteiger partial charge in [-0.1, -0.05) is 44.2 Å². The number of nitrogens with zero attached hydrogens (tertiary/aromatic N) is 4. The molecule has 7 aromatic rings. The molecule has 292 valence electrons. The van der Waals surface area contributed by atoms with Gasteiger partial charge in [0.1, 0.15) is 28.1 Å². The van der Waals surface area contributed by atoms with Crippen LogP contribution in [0, 0.1) is 18.8 Å². The number of hydrogen-bond acceptors (Lipinski definition) is 10. The lowest BCUT2D eigenvalue weighted by Gasteiger charge is -2.22. The molecule has 0 spiro atoms. The van der Waals surface area contributed by atoms with Gasteiger partial charge >= 0.3 is 11.9 Å². The summed E-state index contributed by atoms with van der Waals surface area (Å²) in [6.07, 6.45) is 1.39. The SMILES string of the molecule is CC(CCc1ccc(-c2nc3ccccc3o2)cc1N)C(=O)OC(C)(C)C.Cc1nc2cc(-c3nc4ccccc4o3)ccc2n1CC(C)C(=O)OC(C)(C)C. The maximum absolute atomic E-state index is 12.4. The first-order chi connectivity index (χ1) is 26.4. The molecule has 0 amide bonds. The number of imidazole rings is 1. The molecule has 0 aliphatic heterocycles. The summed E-state index contributed by atoms with van der Waals surface area (Å²) >= 11 is 0. The van der Waals surface area contributed by atoms with E-state index in [0.717, 1.165) is 55.7 Å². The van der Waals surface area contributed by atoms with Crippen LogP contribution in [-0.2, 0) is 32.0 Å². The first kappa shape index (κ1) is 39.7. The Hall–Kier alpha value is -5.97. The molecule has 0 aliphatic rings. The average molecular weight is 758 g/mol. The highest BCUT2D eigenvalue weighted by atomic mass is 16.6. The van der Waals surface area contributed by atoms with Crippen LogP contribution in [0.3, 0.4) is 0 Å². The quantitative estimate of drug-likeness (QED) is 0.111. The lowest BCUT2D eigenvalue weighted by atomic mass is 9.98. The third-order valence-electron chi connectivity index (χ3n) is 9.09. The van der Waals surface area contributed by atoms with Gasteiger partial charge in [0, 0.05) is 23.4 Å². The van der Waals surface area contributed by atoms with Crippen LogP contribution in [0.1, 0.15) is 73.2 Å². The van der Waals surface area contributed by atoms with Gasteiger partial charge in [-0.2, -0.15) is 0 Å². The van der Waals surface area contributed by atoms with E-state index in [1.807, 2.05) is 147 Å². The minimum atomic E-state index is -0.494. The second kappa shape index (κ2) is 16.0. The minimum absolute atomic E-state index is 0.177. The Morgan fingerprint density at radius 1 is 0.696 bits per heavy atom. The van der Waals surface area contributed by atoms with E-state index in [2.05, 4.69) is 19.5 Å². The lowest BCUT2D eigenvalue weighted by Crippen LogP contribution is -2.29.